The van der Waals surface area contributed by atoms with Crippen molar-refractivity contribution in [1.82, 2.24) is 9.88 Å². The van der Waals surface area contributed by atoms with Crippen molar-refractivity contribution < 1.29 is 4.79 Å². The number of rotatable bonds is 1. The van der Waals surface area contributed by atoms with Gasteiger partial charge in [-0.15, -0.1) is 0 Å². The third-order valence-corrected chi connectivity index (χ3v) is 3.35. The molecule has 92 valence electrons. The number of hydrogen-bond donors (Lipinski definition) is 0. The summed E-state index contributed by atoms with van der Waals surface area (Å²) in [7, 11) is 0. The molecule has 0 aromatic carbocycles. The molecule has 1 amide bonds. The highest BCUT2D eigenvalue weighted by atomic mass is 35.5. The highest BCUT2D eigenvalue weighted by Crippen LogP contribution is 2.22. The molecule has 1 aromatic rings. The number of likely N-dealkylation sites (tertiary alicyclic amines) is 1. The van der Waals surface area contributed by atoms with Gasteiger partial charge in [0.05, 0.1) is 5.56 Å². The van der Waals surface area contributed by atoms with Crippen LogP contribution in [0.4, 0.5) is 0 Å². The minimum Gasteiger partial charge on any atom is -0.338 e. The van der Waals surface area contributed by atoms with E-state index in [0.717, 1.165) is 13.1 Å². The molecule has 1 aliphatic heterocycles. The average Bonchev–Trinajstić information content (AvgIpc) is 2.28. The van der Waals surface area contributed by atoms with Crippen LogP contribution in [0.2, 0.25) is 5.15 Å². The smallest absolute Gasteiger partial charge is 0.255 e. The van der Waals surface area contributed by atoms with Crippen molar-refractivity contribution in [2.45, 2.75) is 20.3 Å². The summed E-state index contributed by atoms with van der Waals surface area (Å²) in [5, 5.41) is 0.418. The second-order valence-corrected chi connectivity index (χ2v) is 5.41. The molecule has 0 N–H and O–H groups in total. The molecule has 2 atom stereocenters. The highest BCUT2D eigenvalue weighted by Gasteiger charge is 2.26. The summed E-state index contributed by atoms with van der Waals surface area (Å²) in [5.41, 5.74) is 0.621. The number of hydrogen-bond acceptors (Lipinski definition) is 2. The fourth-order valence-corrected chi connectivity index (χ4v) is 2.63. The van der Waals surface area contributed by atoms with Crippen LogP contribution < -0.4 is 0 Å². The molecule has 0 bridgehead atoms. The largest absolute Gasteiger partial charge is 0.338 e. The molecule has 2 heterocycles. The fraction of sp³-hybridized carbons (Fsp3) is 0.538. The second-order valence-electron chi connectivity index (χ2n) is 5.03. The number of piperidine rings is 1. The summed E-state index contributed by atoms with van der Waals surface area (Å²) in [4.78, 5) is 18.1. The Balaban J connectivity index is 2.11. The Morgan fingerprint density at radius 3 is 2.53 bits per heavy atom. The lowest BCUT2D eigenvalue weighted by Crippen LogP contribution is -2.42. The van der Waals surface area contributed by atoms with Gasteiger partial charge in [-0.3, -0.25) is 4.79 Å². The Kier molecular flexibility index (Phi) is 3.67. The fourth-order valence-electron chi connectivity index (χ4n) is 2.51. The summed E-state index contributed by atoms with van der Waals surface area (Å²) in [5.74, 6) is 1.21. The molecule has 3 nitrogen and oxygen atoms in total. The maximum absolute atomic E-state index is 12.2. The molecule has 0 radical (unpaired) electrons. The molecule has 1 fully saturated rings. The Morgan fingerprint density at radius 1 is 1.35 bits per heavy atom. The Morgan fingerprint density at radius 2 is 2.00 bits per heavy atom. The molecule has 0 aliphatic carbocycles. The van der Waals surface area contributed by atoms with Gasteiger partial charge in [-0.05, 0) is 30.4 Å². The molecular formula is C13H17ClN2O. The predicted octanol–water partition coefficient (Wildman–Crippen LogP) is 2.85. The number of amides is 1. The first-order chi connectivity index (χ1) is 8.06. The zero-order valence-electron chi connectivity index (χ0n) is 10.2. The van der Waals surface area contributed by atoms with Crippen molar-refractivity contribution in [3.05, 3.63) is 29.0 Å². The lowest BCUT2D eigenvalue weighted by Gasteiger charge is -2.35. The van der Waals surface area contributed by atoms with E-state index in [9.17, 15) is 4.79 Å². The zero-order valence-corrected chi connectivity index (χ0v) is 10.9. The number of aromatic nitrogens is 1. The van der Waals surface area contributed by atoms with Crippen molar-refractivity contribution in [2.75, 3.05) is 13.1 Å². The summed E-state index contributed by atoms with van der Waals surface area (Å²) >= 11 is 5.71. The van der Waals surface area contributed by atoms with Gasteiger partial charge < -0.3 is 4.90 Å². The van der Waals surface area contributed by atoms with Crippen LogP contribution in [0, 0.1) is 11.8 Å². The van der Waals surface area contributed by atoms with Gasteiger partial charge in [0.1, 0.15) is 5.15 Å². The second kappa shape index (κ2) is 5.05. The Labute approximate surface area is 107 Å². The first kappa shape index (κ1) is 12.4. The number of pyridine rings is 1. The monoisotopic (exact) mass is 252 g/mol. The van der Waals surface area contributed by atoms with E-state index >= 15 is 0 Å². The van der Waals surface area contributed by atoms with Crippen LogP contribution in [0.15, 0.2) is 18.3 Å². The lowest BCUT2D eigenvalue weighted by atomic mass is 9.91. The topological polar surface area (TPSA) is 33.2 Å². The first-order valence-corrected chi connectivity index (χ1v) is 6.35. The number of nitrogens with zero attached hydrogens (tertiary/aromatic N) is 2. The third kappa shape index (κ3) is 2.97. The van der Waals surface area contributed by atoms with E-state index < -0.39 is 0 Å². The van der Waals surface area contributed by atoms with Crippen molar-refractivity contribution in [2.24, 2.45) is 11.8 Å². The van der Waals surface area contributed by atoms with Crippen LogP contribution in [0.3, 0.4) is 0 Å². The van der Waals surface area contributed by atoms with Crippen LogP contribution >= 0.6 is 11.6 Å². The van der Waals surface area contributed by atoms with Gasteiger partial charge in [0, 0.05) is 19.3 Å². The predicted molar refractivity (Wildman–Crippen MR) is 68.1 cm³/mol. The van der Waals surface area contributed by atoms with Gasteiger partial charge in [0.25, 0.3) is 5.91 Å². The van der Waals surface area contributed by atoms with E-state index in [1.54, 1.807) is 18.3 Å². The van der Waals surface area contributed by atoms with Gasteiger partial charge in [-0.1, -0.05) is 25.4 Å². The lowest BCUT2D eigenvalue weighted by molar-refractivity contribution is 0.0622. The van der Waals surface area contributed by atoms with Crippen LogP contribution in [-0.2, 0) is 0 Å². The van der Waals surface area contributed by atoms with E-state index in [1.807, 2.05) is 4.90 Å². The van der Waals surface area contributed by atoms with Crippen LogP contribution in [0.25, 0.3) is 0 Å². The third-order valence-electron chi connectivity index (χ3n) is 3.13. The van der Waals surface area contributed by atoms with E-state index in [1.165, 1.54) is 6.42 Å². The van der Waals surface area contributed by atoms with Crippen molar-refractivity contribution >= 4 is 17.5 Å². The Bertz CT molecular complexity index is 394. The first-order valence-electron chi connectivity index (χ1n) is 5.97. The molecule has 2 rings (SSSR count). The van der Waals surface area contributed by atoms with Gasteiger partial charge in [-0.2, -0.15) is 0 Å². The quantitative estimate of drug-likeness (QED) is 0.720. The molecule has 1 aliphatic rings. The minimum atomic E-state index is 0.0626. The molecule has 1 saturated heterocycles. The number of halogens is 1. The molecule has 0 saturated carbocycles. The molecular weight excluding hydrogens is 236 g/mol. The van der Waals surface area contributed by atoms with Gasteiger partial charge >= 0.3 is 0 Å². The minimum absolute atomic E-state index is 0.0626. The van der Waals surface area contributed by atoms with Gasteiger partial charge in [-0.25, -0.2) is 4.98 Å². The summed E-state index contributed by atoms with van der Waals surface area (Å²) in [6.45, 7) is 6.06. The van der Waals surface area contributed by atoms with Crippen LogP contribution in [0.5, 0.6) is 0 Å². The Hall–Kier alpha value is -1.09. The van der Waals surface area contributed by atoms with Gasteiger partial charge in [0.2, 0.25) is 0 Å². The molecule has 0 unspecified atom stereocenters. The maximum atomic E-state index is 12.2. The van der Waals surface area contributed by atoms with Crippen LogP contribution in [-0.4, -0.2) is 28.9 Å². The summed E-state index contributed by atoms with van der Waals surface area (Å²) in [6.07, 6.45) is 2.75. The number of carbonyl (C=O) groups is 1. The zero-order chi connectivity index (χ0) is 12.4. The van der Waals surface area contributed by atoms with E-state index in [2.05, 4.69) is 18.8 Å². The van der Waals surface area contributed by atoms with Crippen molar-refractivity contribution in [3.8, 4) is 0 Å². The molecule has 17 heavy (non-hydrogen) atoms. The maximum Gasteiger partial charge on any atom is 0.255 e. The van der Waals surface area contributed by atoms with E-state index in [4.69, 9.17) is 11.6 Å². The van der Waals surface area contributed by atoms with Crippen molar-refractivity contribution in [1.29, 1.82) is 0 Å². The van der Waals surface area contributed by atoms with Crippen molar-refractivity contribution in [3.63, 3.8) is 0 Å². The van der Waals surface area contributed by atoms with E-state index in [-0.39, 0.29) is 5.91 Å². The number of carbonyl (C=O) groups excluding carboxylic acids is 1. The van der Waals surface area contributed by atoms with E-state index in [0.29, 0.717) is 22.6 Å². The molecule has 0 spiro atoms. The summed E-state index contributed by atoms with van der Waals surface area (Å²) < 4.78 is 0. The SMILES string of the molecule is C[C@H]1C[C@H](C)CN(C(=O)c2ccc(Cl)nc2)C1. The van der Waals surface area contributed by atoms with Gasteiger partial charge in [0.15, 0.2) is 0 Å². The normalized spacial score (nSPS) is 24.8. The highest BCUT2D eigenvalue weighted by molar-refractivity contribution is 6.29. The molecule has 4 heteroatoms. The average molecular weight is 253 g/mol. The standard InChI is InChI=1S/C13H17ClN2O/c1-9-5-10(2)8-16(7-9)13(17)11-3-4-12(14)15-6-11/h3-4,6,9-10H,5,7-8H2,1-2H3/t9-,10-/m0/s1. The molecule has 1 aromatic heterocycles. The van der Waals surface area contributed by atoms with Crippen LogP contribution in [0.1, 0.15) is 30.6 Å². The summed E-state index contributed by atoms with van der Waals surface area (Å²) in [6, 6.07) is 3.40.